The maximum atomic E-state index is 11.9. The van der Waals surface area contributed by atoms with E-state index in [9.17, 15) is 4.79 Å². The number of benzene rings is 1. The van der Waals surface area contributed by atoms with Gasteiger partial charge in [0, 0.05) is 11.3 Å². The topological polar surface area (TPSA) is 58.6 Å². The van der Waals surface area contributed by atoms with E-state index in [-0.39, 0.29) is 19.1 Å². The third-order valence-corrected chi connectivity index (χ3v) is 2.98. The van der Waals surface area contributed by atoms with Crippen LogP contribution in [0.2, 0.25) is 0 Å². The Morgan fingerprint density at radius 2 is 1.89 bits per heavy atom. The Hall–Kier alpha value is -1.81. The van der Waals surface area contributed by atoms with E-state index < -0.39 is 0 Å². The van der Waals surface area contributed by atoms with Crippen LogP contribution in [-0.2, 0) is 4.79 Å². The first-order valence-corrected chi connectivity index (χ1v) is 6.40. The van der Waals surface area contributed by atoms with Crippen molar-refractivity contribution in [2.45, 2.75) is 27.2 Å². The van der Waals surface area contributed by atoms with Crippen LogP contribution in [0.4, 0.5) is 5.69 Å². The van der Waals surface area contributed by atoms with E-state index in [0.29, 0.717) is 5.75 Å². The Morgan fingerprint density at radius 3 is 2.42 bits per heavy atom. The van der Waals surface area contributed by atoms with Crippen molar-refractivity contribution in [2.75, 3.05) is 18.5 Å². The molecule has 0 spiro atoms. The first kappa shape index (κ1) is 15.2. The highest BCUT2D eigenvalue weighted by molar-refractivity contribution is 6.03. The predicted octanol–water partition coefficient (Wildman–Crippen LogP) is 2.74. The monoisotopic (exact) mass is 263 g/mol. The molecule has 0 saturated carbocycles. The second kappa shape index (κ2) is 7.59. The molecule has 1 aromatic rings. The molecule has 19 heavy (non-hydrogen) atoms. The van der Waals surface area contributed by atoms with Gasteiger partial charge in [0.1, 0.15) is 12.4 Å². The van der Waals surface area contributed by atoms with Crippen molar-refractivity contribution in [2.24, 2.45) is 0 Å². The molecule has 0 unspecified atom stereocenters. The summed E-state index contributed by atoms with van der Waals surface area (Å²) >= 11 is 0. The molecule has 1 amide bonds. The van der Waals surface area contributed by atoms with Crippen LogP contribution in [0.3, 0.4) is 0 Å². The van der Waals surface area contributed by atoms with Crippen LogP contribution in [0.5, 0.6) is 5.75 Å². The number of ether oxygens (including phenoxy) is 1. The molecule has 1 aromatic carbocycles. The number of anilines is 1. The Morgan fingerprint density at radius 1 is 1.26 bits per heavy atom. The highest BCUT2D eigenvalue weighted by Gasteiger charge is 2.07. The molecule has 2 N–H and O–H groups in total. The maximum Gasteiger partial charge on any atom is 0.251 e. The van der Waals surface area contributed by atoms with E-state index >= 15 is 0 Å². The number of aliphatic hydroxyl groups is 1. The molecule has 0 aromatic heterocycles. The molecule has 0 fully saturated rings. The lowest BCUT2D eigenvalue weighted by Crippen LogP contribution is -2.13. The molecule has 0 atom stereocenters. The minimum absolute atomic E-state index is 0.0151. The van der Waals surface area contributed by atoms with Gasteiger partial charge in [0.15, 0.2) is 0 Å². The second-order valence-electron chi connectivity index (χ2n) is 4.31. The first-order chi connectivity index (χ1) is 9.08. The molecular formula is C15H21NO3. The molecule has 1 rings (SSSR count). The summed E-state index contributed by atoms with van der Waals surface area (Å²) in [5.41, 5.74) is 2.56. The van der Waals surface area contributed by atoms with E-state index in [4.69, 9.17) is 9.84 Å². The zero-order valence-corrected chi connectivity index (χ0v) is 11.7. The lowest BCUT2D eigenvalue weighted by Gasteiger charge is -2.09. The number of rotatable bonds is 6. The molecule has 0 aliphatic heterocycles. The van der Waals surface area contributed by atoms with Crippen LogP contribution in [0.25, 0.3) is 0 Å². The number of aliphatic hydroxyl groups excluding tert-OH is 1. The quantitative estimate of drug-likeness (QED) is 0.776. The van der Waals surface area contributed by atoms with Crippen molar-refractivity contribution >= 4 is 11.6 Å². The Labute approximate surface area is 114 Å². The van der Waals surface area contributed by atoms with Gasteiger partial charge in [-0.3, -0.25) is 4.79 Å². The summed E-state index contributed by atoms with van der Waals surface area (Å²) < 4.78 is 5.25. The van der Waals surface area contributed by atoms with Crippen molar-refractivity contribution < 1.29 is 14.6 Å². The summed E-state index contributed by atoms with van der Waals surface area (Å²) in [5.74, 6) is 0.590. The average molecular weight is 263 g/mol. The van der Waals surface area contributed by atoms with E-state index in [1.54, 1.807) is 24.3 Å². The van der Waals surface area contributed by atoms with Gasteiger partial charge in [-0.25, -0.2) is 0 Å². The van der Waals surface area contributed by atoms with Gasteiger partial charge >= 0.3 is 0 Å². The Kier molecular flexibility index (Phi) is 6.09. The lowest BCUT2D eigenvalue weighted by atomic mass is 10.1. The molecule has 0 heterocycles. The number of hydrogen-bond donors (Lipinski definition) is 2. The molecule has 0 radical (unpaired) electrons. The maximum absolute atomic E-state index is 11.9. The van der Waals surface area contributed by atoms with Gasteiger partial charge in [0.2, 0.25) is 0 Å². The summed E-state index contributed by atoms with van der Waals surface area (Å²) in [7, 11) is 0. The van der Waals surface area contributed by atoms with Gasteiger partial charge in [-0.05, 0) is 44.5 Å². The van der Waals surface area contributed by atoms with Crippen molar-refractivity contribution in [3.63, 3.8) is 0 Å². The molecule has 0 bridgehead atoms. The Balaban J connectivity index is 2.65. The minimum Gasteiger partial charge on any atom is -0.491 e. The number of amides is 1. The van der Waals surface area contributed by atoms with Gasteiger partial charge in [-0.15, -0.1) is 0 Å². The van der Waals surface area contributed by atoms with Crippen LogP contribution >= 0.6 is 0 Å². The standard InChI is InChI=1S/C15H21NO3/c1-4-11(2)12(3)15(18)16-13-5-7-14(8-6-13)19-10-9-17/h5-8,17H,4,9-10H2,1-3H3,(H,16,18)/b12-11-. The highest BCUT2D eigenvalue weighted by Crippen LogP contribution is 2.17. The third kappa shape index (κ3) is 4.75. The van der Waals surface area contributed by atoms with Crippen molar-refractivity contribution in [3.8, 4) is 5.75 Å². The van der Waals surface area contributed by atoms with Gasteiger partial charge in [-0.1, -0.05) is 12.5 Å². The van der Waals surface area contributed by atoms with Crippen LogP contribution in [-0.4, -0.2) is 24.2 Å². The summed E-state index contributed by atoms with van der Waals surface area (Å²) in [6.45, 7) is 6.06. The summed E-state index contributed by atoms with van der Waals surface area (Å²) in [4.78, 5) is 11.9. The summed E-state index contributed by atoms with van der Waals surface area (Å²) in [6, 6.07) is 7.08. The zero-order chi connectivity index (χ0) is 14.3. The van der Waals surface area contributed by atoms with Crippen LogP contribution in [0.1, 0.15) is 27.2 Å². The SMILES string of the molecule is CC/C(C)=C(/C)C(=O)Nc1ccc(OCCO)cc1. The number of carbonyl (C=O) groups excluding carboxylic acids is 1. The van der Waals surface area contributed by atoms with Crippen LogP contribution in [0, 0.1) is 0 Å². The molecule has 4 nitrogen and oxygen atoms in total. The average Bonchev–Trinajstić information content (AvgIpc) is 2.44. The fourth-order valence-electron chi connectivity index (χ4n) is 1.48. The first-order valence-electron chi connectivity index (χ1n) is 6.40. The predicted molar refractivity (Wildman–Crippen MR) is 76.3 cm³/mol. The smallest absolute Gasteiger partial charge is 0.251 e. The van der Waals surface area contributed by atoms with Crippen LogP contribution in [0.15, 0.2) is 35.4 Å². The van der Waals surface area contributed by atoms with Gasteiger partial charge in [-0.2, -0.15) is 0 Å². The highest BCUT2D eigenvalue weighted by atomic mass is 16.5. The lowest BCUT2D eigenvalue weighted by molar-refractivity contribution is -0.112. The second-order valence-corrected chi connectivity index (χ2v) is 4.31. The van der Waals surface area contributed by atoms with Gasteiger partial charge in [0.05, 0.1) is 6.61 Å². The molecule has 4 heteroatoms. The van der Waals surface area contributed by atoms with E-state index in [2.05, 4.69) is 5.32 Å². The number of hydrogen-bond acceptors (Lipinski definition) is 3. The number of allylic oxidation sites excluding steroid dienone is 1. The van der Waals surface area contributed by atoms with Crippen molar-refractivity contribution in [1.29, 1.82) is 0 Å². The third-order valence-electron chi connectivity index (χ3n) is 2.98. The summed E-state index contributed by atoms with van der Waals surface area (Å²) in [5, 5.41) is 11.5. The van der Waals surface area contributed by atoms with Gasteiger partial charge in [0.25, 0.3) is 5.91 Å². The number of carbonyl (C=O) groups is 1. The van der Waals surface area contributed by atoms with Crippen molar-refractivity contribution in [1.82, 2.24) is 0 Å². The molecule has 104 valence electrons. The van der Waals surface area contributed by atoms with Crippen LogP contribution < -0.4 is 10.1 Å². The normalized spacial score (nSPS) is 11.8. The van der Waals surface area contributed by atoms with E-state index in [0.717, 1.165) is 23.3 Å². The molecule has 0 saturated heterocycles. The summed E-state index contributed by atoms with van der Waals surface area (Å²) in [6.07, 6.45) is 0.868. The van der Waals surface area contributed by atoms with E-state index in [1.807, 2.05) is 20.8 Å². The largest absolute Gasteiger partial charge is 0.491 e. The number of nitrogens with one attached hydrogen (secondary N) is 1. The molecular weight excluding hydrogens is 242 g/mol. The minimum atomic E-state index is -0.0802. The van der Waals surface area contributed by atoms with Gasteiger partial charge < -0.3 is 15.2 Å². The van der Waals surface area contributed by atoms with E-state index in [1.165, 1.54) is 0 Å². The fourth-order valence-corrected chi connectivity index (χ4v) is 1.48. The van der Waals surface area contributed by atoms with Crippen molar-refractivity contribution in [3.05, 3.63) is 35.4 Å². The fraction of sp³-hybridized carbons (Fsp3) is 0.400. The molecule has 0 aliphatic rings. The zero-order valence-electron chi connectivity index (χ0n) is 11.7. The molecule has 0 aliphatic carbocycles. The Bertz CT molecular complexity index is 449.